The van der Waals surface area contributed by atoms with Gasteiger partial charge in [0.15, 0.2) is 0 Å². The van der Waals surface area contributed by atoms with Crippen LogP contribution in [0.1, 0.15) is 53.4 Å². The molecule has 0 heterocycles. The van der Waals surface area contributed by atoms with E-state index >= 15 is 0 Å². The van der Waals surface area contributed by atoms with Crippen molar-refractivity contribution in [3.63, 3.8) is 0 Å². The van der Waals surface area contributed by atoms with Crippen LogP contribution in [0.25, 0.3) is 0 Å². The van der Waals surface area contributed by atoms with Crippen molar-refractivity contribution >= 4 is 11.9 Å². The fraction of sp³-hybridized carbons (Fsp3) is 0.857. The molecule has 4 heteroatoms. The standard InChI is InChI=1S/C14H26O4/c1-5-12(6-2)10-18-14(16)8-7-13(15)17-9-11(3)4/h11-12H,5-10H2,1-4H3. The summed E-state index contributed by atoms with van der Waals surface area (Å²) in [6.07, 6.45) is 2.21. The summed E-state index contributed by atoms with van der Waals surface area (Å²) >= 11 is 0. The minimum absolute atomic E-state index is 0.106. The van der Waals surface area contributed by atoms with Crippen LogP contribution in [0.3, 0.4) is 0 Å². The monoisotopic (exact) mass is 258 g/mol. The maximum atomic E-state index is 11.4. The van der Waals surface area contributed by atoms with Crippen LogP contribution < -0.4 is 0 Å². The Morgan fingerprint density at radius 1 is 0.889 bits per heavy atom. The van der Waals surface area contributed by atoms with Crippen LogP contribution >= 0.6 is 0 Å². The number of carbonyl (C=O) groups is 2. The number of esters is 2. The van der Waals surface area contributed by atoms with Crippen molar-refractivity contribution in [1.82, 2.24) is 0 Å². The van der Waals surface area contributed by atoms with Crippen molar-refractivity contribution < 1.29 is 19.1 Å². The predicted molar refractivity (Wildman–Crippen MR) is 70.1 cm³/mol. The van der Waals surface area contributed by atoms with E-state index in [9.17, 15) is 9.59 Å². The highest BCUT2D eigenvalue weighted by Crippen LogP contribution is 2.08. The number of hydrogen-bond acceptors (Lipinski definition) is 4. The van der Waals surface area contributed by atoms with Gasteiger partial charge in [0.2, 0.25) is 0 Å². The highest BCUT2D eigenvalue weighted by molar-refractivity contribution is 5.77. The zero-order chi connectivity index (χ0) is 14.0. The molecule has 106 valence electrons. The minimum atomic E-state index is -0.330. The van der Waals surface area contributed by atoms with Gasteiger partial charge in [0, 0.05) is 0 Å². The van der Waals surface area contributed by atoms with E-state index in [1.807, 2.05) is 13.8 Å². The Hall–Kier alpha value is -1.06. The highest BCUT2D eigenvalue weighted by atomic mass is 16.5. The molecule has 0 rings (SSSR count). The average Bonchev–Trinajstić information content (AvgIpc) is 2.35. The predicted octanol–water partition coefficient (Wildman–Crippen LogP) is 2.95. The summed E-state index contributed by atoms with van der Waals surface area (Å²) in [7, 11) is 0. The third-order valence-electron chi connectivity index (χ3n) is 2.75. The highest BCUT2D eigenvalue weighted by Gasteiger charge is 2.11. The molecule has 0 aliphatic heterocycles. The lowest BCUT2D eigenvalue weighted by Gasteiger charge is -2.12. The molecule has 18 heavy (non-hydrogen) atoms. The van der Waals surface area contributed by atoms with Crippen LogP contribution in [0.5, 0.6) is 0 Å². The largest absolute Gasteiger partial charge is 0.465 e. The molecule has 0 aromatic rings. The normalized spacial score (nSPS) is 10.8. The van der Waals surface area contributed by atoms with Crippen LogP contribution in [0.15, 0.2) is 0 Å². The average molecular weight is 258 g/mol. The van der Waals surface area contributed by atoms with Gasteiger partial charge in [-0.15, -0.1) is 0 Å². The van der Waals surface area contributed by atoms with Gasteiger partial charge < -0.3 is 9.47 Å². The second kappa shape index (κ2) is 9.92. The topological polar surface area (TPSA) is 52.6 Å². The first-order valence-corrected chi connectivity index (χ1v) is 6.80. The van der Waals surface area contributed by atoms with Gasteiger partial charge in [-0.1, -0.05) is 40.5 Å². The van der Waals surface area contributed by atoms with E-state index in [-0.39, 0.29) is 24.8 Å². The van der Waals surface area contributed by atoms with Crippen molar-refractivity contribution in [2.75, 3.05) is 13.2 Å². The Bertz CT molecular complexity index is 244. The molecule has 0 aromatic heterocycles. The Morgan fingerprint density at radius 2 is 1.33 bits per heavy atom. The molecule has 0 saturated carbocycles. The van der Waals surface area contributed by atoms with Crippen molar-refractivity contribution in [1.29, 1.82) is 0 Å². The lowest BCUT2D eigenvalue weighted by molar-refractivity contribution is -0.151. The summed E-state index contributed by atoms with van der Waals surface area (Å²) in [5, 5.41) is 0. The number of rotatable bonds is 9. The third-order valence-corrected chi connectivity index (χ3v) is 2.75. The fourth-order valence-corrected chi connectivity index (χ4v) is 1.34. The molecular weight excluding hydrogens is 232 g/mol. The molecule has 0 atom stereocenters. The molecule has 0 aromatic carbocycles. The van der Waals surface area contributed by atoms with Gasteiger partial charge >= 0.3 is 11.9 Å². The third kappa shape index (κ3) is 9.02. The summed E-state index contributed by atoms with van der Waals surface area (Å²) in [4.78, 5) is 22.7. The van der Waals surface area contributed by atoms with Gasteiger partial charge in [0.05, 0.1) is 26.1 Å². The van der Waals surface area contributed by atoms with E-state index in [4.69, 9.17) is 9.47 Å². The maximum absolute atomic E-state index is 11.4. The number of ether oxygens (including phenoxy) is 2. The van der Waals surface area contributed by atoms with Crippen molar-refractivity contribution in [2.24, 2.45) is 11.8 Å². The zero-order valence-electron chi connectivity index (χ0n) is 12.0. The molecule has 0 spiro atoms. The quantitative estimate of drug-likeness (QED) is 0.597. The molecule has 0 aliphatic rings. The second-order valence-corrected chi connectivity index (χ2v) is 4.94. The lowest BCUT2D eigenvalue weighted by Crippen LogP contribution is -2.15. The second-order valence-electron chi connectivity index (χ2n) is 4.94. The van der Waals surface area contributed by atoms with Crippen molar-refractivity contribution in [3.05, 3.63) is 0 Å². The van der Waals surface area contributed by atoms with E-state index in [1.54, 1.807) is 0 Å². The Morgan fingerprint density at radius 3 is 1.72 bits per heavy atom. The van der Waals surface area contributed by atoms with E-state index in [0.29, 0.717) is 25.0 Å². The summed E-state index contributed by atoms with van der Waals surface area (Å²) in [6, 6.07) is 0. The minimum Gasteiger partial charge on any atom is -0.465 e. The Balaban J connectivity index is 3.66. The van der Waals surface area contributed by atoms with E-state index < -0.39 is 0 Å². The Labute approximate surface area is 110 Å². The molecule has 0 N–H and O–H groups in total. The molecule has 0 aliphatic carbocycles. The molecule has 4 nitrogen and oxygen atoms in total. The SMILES string of the molecule is CCC(CC)COC(=O)CCC(=O)OCC(C)C. The number of hydrogen-bond donors (Lipinski definition) is 0. The smallest absolute Gasteiger partial charge is 0.306 e. The van der Waals surface area contributed by atoms with Gasteiger partial charge in [-0.05, 0) is 11.8 Å². The number of carbonyl (C=O) groups excluding carboxylic acids is 2. The zero-order valence-corrected chi connectivity index (χ0v) is 12.0. The van der Waals surface area contributed by atoms with Crippen LogP contribution in [0, 0.1) is 11.8 Å². The van der Waals surface area contributed by atoms with E-state index in [2.05, 4.69) is 13.8 Å². The van der Waals surface area contributed by atoms with Crippen molar-refractivity contribution in [2.45, 2.75) is 53.4 Å². The molecule has 0 saturated heterocycles. The first-order chi connectivity index (χ1) is 8.49. The van der Waals surface area contributed by atoms with Crippen molar-refractivity contribution in [3.8, 4) is 0 Å². The van der Waals surface area contributed by atoms with Gasteiger partial charge in [0.25, 0.3) is 0 Å². The molecular formula is C14H26O4. The summed E-state index contributed by atoms with van der Waals surface area (Å²) < 4.78 is 10.1. The molecule has 0 bridgehead atoms. The van der Waals surface area contributed by atoms with Crippen LogP contribution in [0.4, 0.5) is 0 Å². The maximum Gasteiger partial charge on any atom is 0.306 e. The first kappa shape index (κ1) is 16.9. The molecule has 0 radical (unpaired) electrons. The van der Waals surface area contributed by atoms with Gasteiger partial charge in [0.1, 0.15) is 0 Å². The Kier molecular flexibility index (Phi) is 9.33. The summed E-state index contributed by atoms with van der Waals surface area (Å²) in [6.45, 7) is 8.94. The van der Waals surface area contributed by atoms with Gasteiger partial charge in [-0.3, -0.25) is 9.59 Å². The summed E-state index contributed by atoms with van der Waals surface area (Å²) in [5.74, 6) is 0.0872. The lowest BCUT2D eigenvalue weighted by atomic mass is 10.1. The van der Waals surface area contributed by atoms with Gasteiger partial charge in [-0.2, -0.15) is 0 Å². The van der Waals surface area contributed by atoms with Crippen LogP contribution in [-0.2, 0) is 19.1 Å². The molecule has 0 unspecified atom stereocenters. The fourth-order valence-electron chi connectivity index (χ4n) is 1.34. The van der Waals surface area contributed by atoms with Crippen LogP contribution in [0.2, 0.25) is 0 Å². The summed E-state index contributed by atoms with van der Waals surface area (Å²) in [5.41, 5.74) is 0. The van der Waals surface area contributed by atoms with Crippen LogP contribution in [-0.4, -0.2) is 25.2 Å². The van der Waals surface area contributed by atoms with E-state index in [0.717, 1.165) is 12.8 Å². The first-order valence-electron chi connectivity index (χ1n) is 6.80. The van der Waals surface area contributed by atoms with E-state index in [1.165, 1.54) is 0 Å². The molecule has 0 fully saturated rings. The molecule has 0 amide bonds. The van der Waals surface area contributed by atoms with Gasteiger partial charge in [-0.25, -0.2) is 0 Å².